The molecule has 2 aromatic heterocycles. The third-order valence-electron chi connectivity index (χ3n) is 5.45. The second-order valence-corrected chi connectivity index (χ2v) is 9.42. The highest BCUT2D eigenvalue weighted by Gasteiger charge is 2.30. The molecule has 5 rings (SSSR count). The zero-order valence-corrected chi connectivity index (χ0v) is 18.4. The Morgan fingerprint density at radius 3 is 2.35 bits per heavy atom. The Bertz CT molecular complexity index is 1260. The lowest BCUT2D eigenvalue weighted by atomic mass is 10.1. The number of nitrogens with zero attached hydrogens (tertiary/aromatic N) is 3. The Hall–Kier alpha value is -2.90. The Morgan fingerprint density at radius 1 is 0.968 bits per heavy atom. The van der Waals surface area contributed by atoms with Gasteiger partial charge in [-0.25, -0.2) is 4.98 Å². The van der Waals surface area contributed by atoms with E-state index in [0.717, 1.165) is 37.2 Å². The van der Waals surface area contributed by atoms with Crippen LogP contribution < -0.4 is 5.56 Å². The highest BCUT2D eigenvalue weighted by Crippen LogP contribution is 2.37. The number of thioether (sulfide) groups is 1. The van der Waals surface area contributed by atoms with Crippen molar-refractivity contribution < 1.29 is 4.79 Å². The minimum Gasteiger partial charge on any atom is -0.341 e. The molecule has 0 bridgehead atoms. The lowest BCUT2D eigenvalue weighted by Gasteiger charge is -2.24. The largest absolute Gasteiger partial charge is 0.341 e. The quantitative estimate of drug-likeness (QED) is 0.322. The zero-order chi connectivity index (χ0) is 21.2. The van der Waals surface area contributed by atoms with Gasteiger partial charge in [0.2, 0.25) is 5.91 Å². The van der Waals surface area contributed by atoms with Crippen LogP contribution in [0.25, 0.3) is 15.9 Å². The minimum atomic E-state index is -0.460. The number of para-hydroxylation sites is 1. The normalized spacial score (nSPS) is 14.8. The van der Waals surface area contributed by atoms with Gasteiger partial charge in [0.1, 0.15) is 10.1 Å². The van der Waals surface area contributed by atoms with E-state index in [-0.39, 0.29) is 11.5 Å². The third kappa shape index (κ3) is 3.91. The molecule has 156 valence electrons. The Kier molecular flexibility index (Phi) is 5.61. The van der Waals surface area contributed by atoms with Crippen molar-refractivity contribution >= 4 is 39.2 Å². The summed E-state index contributed by atoms with van der Waals surface area (Å²) in [6.45, 7) is 1.57. The van der Waals surface area contributed by atoms with E-state index in [9.17, 15) is 9.59 Å². The minimum absolute atomic E-state index is 0.0776. The van der Waals surface area contributed by atoms with Crippen molar-refractivity contribution in [1.29, 1.82) is 0 Å². The van der Waals surface area contributed by atoms with Gasteiger partial charge in [-0.2, -0.15) is 0 Å². The van der Waals surface area contributed by atoms with Crippen LogP contribution in [-0.2, 0) is 4.79 Å². The molecule has 0 spiro atoms. The van der Waals surface area contributed by atoms with Gasteiger partial charge in [-0.15, -0.1) is 11.3 Å². The first kappa shape index (κ1) is 20.0. The molecule has 0 aliphatic carbocycles. The monoisotopic (exact) mass is 447 g/mol. The summed E-state index contributed by atoms with van der Waals surface area (Å²) in [5.74, 6) is 0.0776. The molecule has 1 fully saturated rings. The van der Waals surface area contributed by atoms with Gasteiger partial charge in [-0.1, -0.05) is 60.3 Å². The van der Waals surface area contributed by atoms with Gasteiger partial charge in [0, 0.05) is 13.1 Å². The number of likely N-dealkylation sites (tertiary alicyclic amines) is 1. The van der Waals surface area contributed by atoms with Crippen LogP contribution in [0, 0.1) is 0 Å². The summed E-state index contributed by atoms with van der Waals surface area (Å²) in [7, 11) is 0. The van der Waals surface area contributed by atoms with E-state index in [0.29, 0.717) is 15.4 Å². The second-order valence-electron chi connectivity index (χ2n) is 7.45. The molecule has 4 aromatic rings. The topological polar surface area (TPSA) is 55.2 Å². The van der Waals surface area contributed by atoms with Crippen LogP contribution in [-0.4, -0.2) is 33.4 Å². The first-order valence-electron chi connectivity index (χ1n) is 10.3. The van der Waals surface area contributed by atoms with Gasteiger partial charge in [0.05, 0.1) is 11.1 Å². The number of carbonyl (C=O) groups excluding carboxylic acids is 1. The lowest BCUT2D eigenvalue weighted by molar-refractivity contribution is -0.129. The maximum atomic E-state index is 13.5. The van der Waals surface area contributed by atoms with E-state index in [1.54, 1.807) is 4.57 Å². The van der Waals surface area contributed by atoms with Crippen molar-refractivity contribution in [2.45, 2.75) is 23.2 Å². The van der Waals surface area contributed by atoms with Crippen molar-refractivity contribution in [3.8, 4) is 5.69 Å². The molecule has 7 heteroatoms. The molecule has 31 heavy (non-hydrogen) atoms. The smallest absolute Gasteiger partial charge is 0.267 e. The van der Waals surface area contributed by atoms with Crippen LogP contribution in [0.4, 0.5) is 0 Å². The molecular weight excluding hydrogens is 426 g/mol. The van der Waals surface area contributed by atoms with Crippen molar-refractivity contribution in [2.24, 2.45) is 0 Å². The van der Waals surface area contributed by atoms with Crippen molar-refractivity contribution in [1.82, 2.24) is 14.5 Å². The van der Waals surface area contributed by atoms with Crippen LogP contribution in [0.15, 0.2) is 82.1 Å². The predicted molar refractivity (Wildman–Crippen MR) is 126 cm³/mol. The van der Waals surface area contributed by atoms with Crippen LogP contribution >= 0.6 is 23.1 Å². The van der Waals surface area contributed by atoms with Gasteiger partial charge >= 0.3 is 0 Å². The number of thiophene rings is 1. The van der Waals surface area contributed by atoms with E-state index < -0.39 is 5.25 Å². The Morgan fingerprint density at radius 2 is 1.65 bits per heavy atom. The maximum absolute atomic E-state index is 13.5. The van der Waals surface area contributed by atoms with E-state index >= 15 is 0 Å². The average molecular weight is 448 g/mol. The number of hydrogen-bond acceptors (Lipinski definition) is 5. The number of hydrogen-bond donors (Lipinski definition) is 0. The highest BCUT2D eigenvalue weighted by atomic mass is 32.2. The average Bonchev–Trinajstić information content (AvgIpc) is 3.51. The standard InChI is InChI=1S/C24H21N3O2S2/c28-22-19-13-16-30-21(19)25-24(27(22)18-11-5-2-6-12-18)31-20(17-9-3-1-4-10-17)23(29)26-14-7-8-15-26/h1-6,9-13,16,20H,7-8,14-15H2. The molecule has 0 saturated carbocycles. The van der Waals surface area contributed by atoms with Crippen molar-refractivity contribution in [3.05, 3.63) is 88.0 Å². The number of aromatic nitrogens is 2. The summed E-state index contributed by atoms with van der Waals surface area (Å²) in [4.78, 5) is 34.3. The summed E-state index contributed by atoms with van der Waals surface area (Å²) in [6, 6.07) is 21.1. The fourth-order valence-electron chi connectivity index (χ4n) is 3.88. The summed E-state index contributed by atoms with van der Waals surface area (Å²) >= 11 is 2.80. The summed E-state index contributed by atoms with van der Waals surface area (Å²) in [5, 5.41) is 2.55. The molecule has 1 unspecified atom stereocenters. The number of benzene rings is 2. The highest BCUT2D eigenvalue weighted by molar-refractivity contribution is 8.00. The molecular formula is C24H21N3O2S2. The lowest BCUT2D eigenvalue weighted by Crippen LogP contribution is -2.32. The van der Waals surface area contributed by atoms with Crippen molar-refractivity contribution in [3.63, 3.8) is 0 Å². The van der Waals surface area contributed by atoms with Gasteiger partial charge in [0.25, 0.3) is 5.56 Å². The Labute approximate surface area is 188 Å². The molecule has 3 heterocycles. The van der Waals surface area contributed by atoms with Crippen LogP contribution in [0.1, 0.15) is 23.7 Å². The Balaban J connectivity index is 1.64. The van der Waals surface area contributed by atoms with Gasteiger partial charge in [-0.3, -0.25) is 14.2 Å². The number of fused-ring (bicyclic) bond motifs is 1. The van der Waals surface area contributed by atoms with E-state index in [1.807, 2.05) is 77.0 Å². The zero-order valence-electron chi connectivity index (χ0n) is 16.8. The summed E-state index contributed by atoms with van der Waals surface area (Å²) < 4.78 is 1.63. The fraction of sp³-hybridized carbons (Fsp3) is 0.208. The molecule has 1 aliphatic rings. The van der Waals surface area contributed by atoms with Crippen LogP contribution in [0.2, 0.25) is 0 Å². The third-order valence-corrected chi connectivity index (χ3v) is 7.45. The molecule has 1 aliphatic heterocycles. The first-order valence-corrected chi connectivity index (χ1v) is 12.0. The second kappa shape index (κ2) is 8.69. The van der Waals surface area contributed by atoms with E-state index in [2.05, 4.69) is 0 Å². The number of rotatable bonds is 5. The van der Waals surface area contributed by atoms with Gasteiger partial charge in [0.15, 0.2) is 5.16 Å². The van der Waals surface area contributed by atoms with E-state index in [4.69, 9.17) is 4.98 Å². The van der Waals surface area contributed by atoms with E-state index in [1.165, 1.54) is 23.1 Å². The molecule has 1 atom stereocenters. The maximum Gasteiger partial charge on any atom is 0.267 e. The van der Waals surface area contributed by atoms with Crippen molar-refractivity contribution in [2.75, 3.05) is 13.1 Å². The molecule has 1 amide bonds. The fourth-order valence-corrected chi connectivity index (χ4v) is 5.88. The molecule has 2 aromatic carbocycles. The van der Waals surface area contributed by atoms with Gasteiger partial charge < -0.3 is 4.90 Å². The number of carbonyl (C=O) groups is 1. The van der Waals surface area contributed by atoms with Crippen LogP contribution in [0.3, 0.4) is 0 Å². The predicted octanol–water partition coefficient (Wildman–Crippen LogP) is 4.90. The molecule has 0 N–H and O–H groups in total. The number of amides is 1. The molecule has 1 saturated heterocycles. The van der Waals surface area contributed by atoms with Crippen LogP contribution in [0.5, 0.6) is 0 Å². The molecule has 0 radical (unpaired) electrons. The summed E-state index contributed by atoms with van der Waals surface area (Å²) in [6.07, 6.45) is 2.07. The first-order chi connectivity index (χ1) is 15.2. The SMILES string of the molecule is O=C(C(Sc1nc2sccc2c(=O)n1-c1ccccc1)c1ccccc1)N1CCCC1. The summed E-state index contributed by atoms with van der Waals surface area (Å²) in [5.41, 5.74) is 1.56. The molecule has 5 nitrogen and oxygen atoms in total. The van der Waals surface area contributed by atoms with Gasteiger partial charge in [-0.05, 0) is 42.0 Å².